The molecule has 102 valence electrons. The average molecular weight is 285 g/mol. The minimum Gasteiger partial charge on any atom is -1.00 e. The van der Waals surface area contributed by atoms with E-state index in [4.69, 9.17) is 0 Å². The maximum Gasteiger partial charge on any atom is 0.244 e. The largest absolute Gasteiger partial charge is 1.00 e. The van der Waals surface area contributed by atoms with Crippen molar-refractivity contribution in [2.45, 2.75) is 0 Å². The summed E-state index contributed by atoms with van der Waals surface area (Å²) in [5.74, 6) is 0. The predicted molar refractivity (Wildman–Crippen MR) is 77.5 cm³/mol. The number of aryl methyl sites for hydroxylation is 2. The zero-order valence-corrected chi connectivity index (χ0v) is 12.4. The minimum atomic E-state index is 0. The second-order valence-corrected chi connectivity index (χ2v) is 4.77. The van der Waals surface area contributed by atoms with Gasteiger partial charge in [-0.15, -0.1) is 0 Å². The Balaban J connectivity index is 0.00000147. The lowest BCUT2D eigenvalue weighted by atomic mass is 10.0. The van der Waals surface area contributed by atoms with E-state index in [2.05, 4.69) is 90.2 Å². The molecule has 0 saturated carbocycles. The van der Waals surface area contributed by atoms with Crippen LogP contribution in [0.25, 0.3) is 22.5 Å². The topological polar surface area (TPSA) is 8.81 Å². The van der Waals surface area contributed by atoms with Gasteiger partial charge in [-0.2, -0.15) is 0 Å². The molecule has 0 aliphatic rings. The monoisotopic (exact) mass is 284 g/mol. The smallest absolute Gasteiger partial charge is 0.244 e. The van der Waals surface area contributed by atoms with Gasteiger partial charge in [0.1, 0.15) is 0 Å². The van der Waals surface area contributed by atoms with Gasteiger partial charge in [0, 0.05) is 11.1 Å². The quantitative estimate of drug-likeness (QED) is 0.594. The first-order valence-corrected chi connectivity index (χ1v) is 6.43. The minimum absolute atomic E-state index is 0. The van der Waals surface area contributed by atoms with Crippen molar-refractivity contribution >= 4 is 0 Å². The molecule has 0 radical (unpaired) electrons. The Morgan fingerprint density at radius 2 is 1.30 bits per heavy atom. The second kappa shape index (κ2) is 5.93. The third-order valence-electron chi connectivity index (χ3n) is 3.37. The van der Waals surface area contributed by atoms with Gasteiger partial charge in [-0.25, -0.2) is 9.13 Å². The number of benzene rings is 2. The standard InChI is InChI=1S/C17H17N2.ClH/c1-18-13-19(2)17(15-11-7-4-8-12-15)16(18)14-9-5-3-6-10-14;/h3-13H,1-2H3;1H/q+1;/p-1. The molecular formula is C17H17ClN2. The molecule has 3 rings (SSSR count). The van der Waals surface area contributed by atoms with Gasteiger partial charge in [-0.3, -0.25) is 0 Å². The van der Waals surface area contributed by atoms with Crippen molar-refractivity contribution in [3.05, 3.63) is 67.0 Å². The SMILES string of the molecule is Cn1c[n+](C)c(-c2ccccc2)c1-c1ccccc1.[Cl-]. The number of hydrogen-bond acceptors (Lipinski definition) is 0. The maximum absolute atomic E-state index is 2.18. The third-order valence-corrected chi connectivity index (χ3v) is 3.37. The van der Waals surface area contributed by atoms with Crippen molar-refractivity contribution < 1.29 is 17.0 Å². The van der Waals surface area contributed by atoms with Crippen LogP contribution >= 0.6 is 0 Å². The number of imidazole rings is 1. The molecule has 2 aromatic carbocycles. The zero-order valence-electron chi connectivity index (χ0n) is 11.6. The molecule has 0 fully saturated rings. The molecule has 0 bridgehead atoms. The number of nitrogens with zero attached hydrogens (tertiary/aromatic N) is 2. The number of halogens is 1. The van der Waals surface area contributed by atoms with Crippen molar-refractivity contribution in [2.75, 3.05) is 0 Å². The van der Waals surface area contributed by atoms with Gasteiger partial charge < -0.3 is 12.4 Å². The van der Waals surface area contributed by atoms with Gasteiger partial charge >= 0.3 is 0 Å². The molecule has 0 aliphatic heterocycles. The van der Waals surface area contributed by atoms with Gasteiger partial charge in [-0.05, 0) is 0 Å². The molecule has 1 heterocycles. The van der Waals surface area contributed by atoms with E-state index in [1.165, 1.54) is 22.5 Å². The Labute approximate surface area is 125 Å². The number of hydrogen-bond donors (Lipinski definition) is 0. The van der Waals surface area contributed by atoms with Crippen molar-refractivity contribution in [2.24, 2.45) is 14.1 Å². The zero-order chi connectivity index (χ0) is 13.2. The first-order valence-electron chi connectivity index (χ1n) is 6.43. The summed E-state index contributed by atoms with van der Waals surface area (Å²) in [6, 6.07) is 21.0. The lowest BCUT2D eigenvalue weighted by Crippen LogP contribution is -3.00. The van der Waals surface area contributed by atoms with Crippen LogP contribution in [0.1, 0.15) is 0 Å². The Kier molecular flexibility index (Phi) is 4.26. The molecule has 3 aromatic rings. The van der Waals surface area contributed by atoms with E-state index in [1.807, 2.05) is 0 Å². The molecule has 0 unspecified atom stereocenters. The van der Waals surface area contributed by atoms with Crippen LogP contribution in [0.4, 0.5) is 0 Å². The van der Waals surface area contributed by atoms with Gasteiger partial charge in [0.25, 0.3) is 0 Å². The summed E-state index contributed by atoms with van der Waals surface area (Å²) in [6.07, 6.45) is 2.12. The highest BCUT2D eigenvalue weighted by Gasteiger charge is 2.21. The molecule has 20 heavy (non-hydrogen) atoms. The molecule has 0 saturated heterocycles. The Morgan fingerprint density at radius 1 is 0.800 bits per heavy atom. The number of rotatable bonds is 2. The summed E-state index contributed by atoms with van der Waals surface area (Å²) in [4.78, 5) is 0. The number of aromatic nitrogens is 2. The van der Waals surface area contributed by atoms with Gasteiger partial charge in [0.2, 0.25) is 6.33 Å². The molecule has 1 aromatic heterocycles. The van der Waals surface area contributed by atoms with Crippen LogP contribution in [0, 0.1) is 0 Å². The van der Waals surface area contributed by atoms with Crippen LogP contribution in [-0.2, 0) is 14.1 Å². The summed E-state index contributed by atoms with van der Waals surface area (Å²) < 4.78 is 4.36. The molecule has 0 N–H and O–H groups in total. The third kappa shape index (κ3) is 2.47. The molecular weight excluding hydrogens is 268 g/mol. The van der Waals surface area contributed by atoms with Crippen LogP contribution in [0.5, 0.6) is 0 Å². The Bertz CT molecular complexity index is 628. The van der Waals surface area contributed by atoms with Crippen LogP contribution in [0.15, 0.2) is 67.0 Å². The molecule has 3 heteroatoms. The van der Waals surface area contributed by atoms with Gasteiger partial charge in [0.15, 0.2) is 11.4 Å². The lowest BCUT2D eigenvalue weighted by molar-refractivity contribution is -0.660. The van der Waals surface area contributed by atoms with E-state index in [0.29, 0.717) is 0 Å². The van der Waals surface area contributed by atoms with E-state index in [0.717, 1.165) is 0 Å². The fourth-order valence-corrected chi connectivity index (χ4v) is 2.58. The molecule has 2 nitrogen and oxygen atoms in total. The van der Waals surface area contributed by atoms with Crippen LogP contribution in [0.3, 0.4) is 0 Å². The fourth-order valence-electron chi connectivity index (χ4n) is 2.58. The van der Waals surface area contributed by atoms with E-state index < -0.39 is 0 Å². The van der Waals surface area contributed by atoms with Crippen LogP contribution < -0.4 is 17.0 Å². The lowest BCUT2D eigenvalue weighted by Gasteiger charge is -2.02. The summed E-state index contributed by atoms with van der Waals surface area (Å²) in [5.41, 5.74) is 4.97. The fraction of sp³-hybridized carbons (Fsp3) is 0.118. The summed E-state index contributed by atoms with van der Waals surface area (Å²) in [7, 11) is 4.18. The van der Waals surface area contributed by atoms with E-state index in [1.54, 1.807) is 0 Å². The first kappa shape index (κ1) is 14.4. The summed E-state index contributed by atoms with van der Waals surface area (Å²) in [6.45, 7) is 0. The second-order valence-electron chi connectivity index (χ2n) is 4.77. The maximum atomic E-state index is 2.18. The van der Waals surface area contributed by atoms with Crippen LogP contribution in [0.2, 0.25) is 0 Å². The van der Waals surface area contributed by atoms with Crippen molar-refractivity contribution in [3.63, 3.8) is 0 Å². The van der Waals surface area contributed by atoms with E-state index in [9.17, 15) is 0 Å². The highest BCUT2D eigenvalue weighted by atomic mass is 35.5. The van der Waals surface area contributed by atoms with Crippen molar-refractivity contribution in [3.8, 4) is 22.5 Å². The molecule has 0 aliphatic carbocycles. The highest BCUT2D eigenvalue weighted by Crippen LogP contribution is 2.28. The summed E-state index contributed by atoms with van der Waals surface area (Å²) >= 11 is 0. The van der Waals surface area contributed by atoms with Crippen molar-refractivity contribution in [1.82, 2.24) is 4.57 Å². The Morgan fingerprint density at radius 3 is 1.85 bits per heavy atom. The molecule has 0 atom stereocenters. The van der Waals surface area contributed by atoms with Crippen molar-refractivity contribution in [1.29, 1.82) is 0 Å². The average Bonchev–Trinajstić information content (AvgIpc) is 2.75. The van der Waals surface area contributed by atoms with E-state index >= 15 is 0 Å². The Hall–Kier alpha value is -2.06. The van der Waals surface area contributed by atoms with Gasteiger partial charge in [0.05, 0.1) is 14.1 Å². The first-order chi connectivity index (χ1) is 9.27. The predicted octanol–water partition coefficient (Wildman–Crippen LogP) is 0.188. The van der Waals surface area contributed by atoms with E-state index in [-0.39, 0.29) is 12.4 Å². The molecule has 0 spiro atoms. The highest BCUT2D eigenvalue weighted by molar-refractivity contribution is 5.76. The normalized spacial score (nSPS) is 10.1. The summed E-state index contributed by atoms with van der Waals surface area (Å²) in [5, 5.41) is 0. The molecule has 0 amide bonds. The van der Waals surface area contributed by atoms with Crippen LogP contribution in [-0.4, -0.2) is 4.57 Å². The van der Waals surface area contributed by atoms with Gasteiger partial charge in [-0.1, -0.05) is 60.7 Å².